The van der Waals surface area contributed by atoms with Crippen molar-refractivity contribution in [2.75, 3.05) is 12.6 Å². The van der Waals surface area contributed by atoms with Gasteiger partial charge < -0.3 is 15.4 Å². The number of esters is 1. The van der Waals surface area contributed by atoms with Gasteiger partial charge in [0, 0.05) is 18.0 Å². The zero-order valence-corrected chi connectivity index (χ0v) is 11.7. The molecule has 6 nitrogen and oxygen atoms in total. The number of benzene rings is 1. The standard InChI is InChI=1S/C14H10F3N2O4/c1-23-13(21)8-6-11(19-5-3-2-4-12(19)20)9(14(15,16)17)7-10(8)18-22/h2-7,18H,1H3/q-1. The molecule has 2 rings (SSSR count). The number of anilines is 1. The smallest absolute Gasteiger partial charge is 0.418 e. The van der Waals surface area contributed by atoms with Crippen molar-refractivity contribution in [3.8, 4) is 5.69 Å². The number of pyridine rings is 1. The van der Waals surface area contributed by atoms with Crippen molar-refractivity contribution in [2.45, 2.75) is 6.18 Å². The second-order valence-electron chi connectivity index (χ2n) is 4.42. The van der Waals surface area contributed by atoms with E-state index in [1.54, 1.807) is 0 Å². The molecule has 0 aliphatic heterocycles. The first-order valence-corrected chi connectivity index (χ1v) is 6.19. The van der Waals surface area contributed by atoms with Gasteiger partial charge in [-0.25, -0.2) is 4.79 Å². The van der Waals surface area contributed by atoms with Crippen molar-refractivity contribution >= 4 is 11.7 Å². The third-order valence-electron chi connectivity index (χ3n) is 3.04. The van der Waals surface area contributed by atoms with Gasteiger partial charge in [0.15, 0.2) is 0 Å². The average Bonchev–Trinajstić information content (AvgIpc) is 2.52. The number of hydrogen-bond acceptors (Lipinski definition) is 5. The third-order valence-corrected chi connectivity index (χ3v) is 3.04. The summed E-state index contributed by atoms with van der Waals surface area (Å²) in [6, 6.07) is 5.04. The Kier molecular flexibility index (Phi) is 4.41. The normalized spacial score (nSPS) is 11.2. The minimum atomic E-state index is -4.84. The van der Waals surface area contributed by atoms with E-state index in [4.69, 9.17) is 0 Å². The second-order valence-corrected chi connectivity index (χ2v) is 4.42. The van der Waals surface area contributed by atoms with Crippen LogP contribution in [0.2, 0.25) is 0 Å². The van der Waals surface area contributed by atoms with Gasteiger partial charge in [-0.2, -0.15) is 13.2 Å². The summed E-state index contributed by atoms with van der Waals surface area (Å²) in [4.78, 5) is 23.5. The first-order valence-electron chi connectivity index (χ1n) is 6.19. The molecule has 0 atom stereocenters. The molecule has 0 aliphatic rings. The third kappa shape index (κ3) is 3.19. The van der Waals surface area contributed by atoms with E-state index >= 15 is 0 Å². The Morgan fingerprint density at radius 2 is 2.00 bits per heavy atom. The van der Waals surface area contributed by atoms with Crippen LogP contribution in [0.5, 0.6) is 0 Å². The van der Waals surface area contributed by atoms with Crippen LogP contribution in [-0.4, -0.2) is 17.6 Å². The number of carbonyl (C=O) groups is 1. The minimum absolute atomic E-state index is 0.416. The number of hydrogen-bond donors (Lipinski definition) is 1. The Balaban J connectivity index is 2.85. The molecule has 0 bridgehead atoms. The summed E-state index contributed by atoms with van der Waals surface area (Å²) in [6.07, 6.45) is -3.72. The molecule has 23 heavy (non-hydrogen) atoms. The van der Waals surface area contributed by atoms with Gasteiger partial charge in [0.25, 0.3) is 5.56 Å². The van der Waals surface area contributed by atoms with Gasteiger partial charge in [-0.05, 0) is 18.2 Å². The first kappa shape index (κ1) is 16.6. The Labute approximate surface area is 127 Å². The number of aromatic nitrogens is 1. The number of halogens is 3. The fraction of sp³-hybridized carbons (Fsp3) is 0.143. The Bertz CT molecular complexity index is 799. The van der Waals surface area contributed by atoms with E-state index in [1.807, 2.05) is 0 Å². The van der Waals surface area contributed by atoms with Gasteiger partial charge in [0.1, 0.15) is 0 Å². The van der Waals surface area contributed by atoms with Crippen LogP contribution in [0.3, 0.4) is 0 Å². The van der Waals surface area contributed by atoms with Crippen molar-refractivity contribution in [3.63, 3.8) is 0 Å². The van der Waals surface area contributed by atoms with Crippen molar-refractivity contribution in [3.05, 3.63) is 63.2 Å². The largest absolute Gasteiger partial charge is 0.761 e. The topological polar surface area (TPSA) is 83.4 Å². The summed E-state index contributed by atoms with van der Waals surface area (Å²) in [5.74, 6) is -1.01. The maximum Gasteiger partial charge on any atom is 0.418 e. The SMILES string of the molecule is COC(=O)c1cc(-n2ccccc2=O)c(C(F)(F)F)cc1N[O-]. The van der Waals surface area contributed by atoms with Gasteiger partial charge >= 0.3 is 12.1 Å². The molecule has 0 unspecified atom stereocenters. The number of ether oxygens (including phenoxy) is 1. The zero-order valence-electron chi connectivity index (χ0n) is 11.7. The molecule has 1 N–H and O–H groups in total. The highest BCUT2D eigenvalue weighted by atomic mass is 19.4. The van der Waals surface area contributed by atoms with Gasteiger partial charge in [-0.1, -0.05) is 6.07 Å². The molecule has 0 saturated heterocycles. The summed E-state index contributed by atoms with van der Waals surface area (Å²) in [5, 5.41) is 10.9. The minimum Gasteiger partial charge on any atom is -0.761 e. The van der Waals surface area contributed by atoms with E-state index in [-0.39, 0.29) is 0 Å². The zero-order chi connectivity index (χ0) is 17.2. The lowest BCUT2D eigenvalue weighted by atomic mass is 10.1. The molecular weight excluding hydrogens is 317 g/mol. The molecule has 0 amide bonds. The molecule has 0 fully saturated rings. The van der Waals surface area contributed by atoms with Crippen LogP contribution in [-0.2, 0) is 10.9 Å². The fourth-order valence-corrected chi connectivity index (χ4v) is 2.00. The van der Waals surface area contributed by atoms with Crippen LogP contribution in [0.25, 0.3) is 5.69 Å². The van der Waals surface area contributed by atoms with E-state index in [0.717, 1.165) is 30.0 Å². The molecule has 9 heteroatoms. The molecule has 0 aliphatic carbocycles. The molecule has 1 aromatic carbocycles. The van der Waals surface area contributed by atoms with Crippen molar-refractivity contribution in [1.29, 1.82) is 0 Å². The number of nitrogens with zero attached hydrogens (tertiary/aromatic N) is 1. The monoisotopic (exact) mass is 327 g/mol. The lowest BCUT2D eigenvalue weighted by Gasteiger charge is -2.20. The maximum atomic E-state index is 13.2. The highest BCUT2D eigenvalue weighted by molar-refractivity contribution is 5.96. The molecular formula is C14H10F3N2O4-. The lowest BCUT2D eigenvalue weighted by molar-refractivity contribution is -0.137. The second kappa shape index (κ2) is 6.13. The highest BCUT2D eigenvalue weighted by Gasteiger charge is 2.35. The fourth-order valence-electron chi connectivity index (χ4n) is 2.00. The highest BCUT2D eigenvalue weighted by Crippen LogP contribution is 2.37. The molecule has 1 heterocycles. The van der Waals surface area contributed by atoms with E-state index in [9.17, 15) is 28.0 Å². The number of rotatable bonds is 3. The number of methoxy groups -OCH3 is 1. The Hall–Kier alpha value is -2.81. The van der Waals surface area contributed by atoms with Crippen LogP contribution in [0, 0.1) is 5.21 Å². The van der Waals surface area contributed by atoms with Gasteiger partial charge in [-0.3, -0.25) is 9.36 Å². The number of alkyl halides is 3. The van der Waals surface area contributed by atoms with Crippen molar-refractivity contribution < 1.29 is 22.7 Å². The van der Waals surface area contributed by atoms with E-state index < -0.39 is 40.2 Å². The molecule has 0 radical (unpaired) electrons. The summed E-state index contributed by atoms with van der Waals surface area (Å²) in [5.41, 5.74) is -2.28. The van der Waals surface area contributed by atoms with E-state index in [2.05, 4.69) is 4.74 Å². The van der Waals surface area contributed by atoms with Crippen LogP contribution >= 0.6 is 0 Å². The number of carbonyl (C=O) groups excluding carboxylic acids is 1. The van der Waals surface area contributed by atoms with Crippen LogP contribution < -0.4 is 11.0 Å². The maximum absolute atomic E-state index is 13.2. The lowest BCUT2D eigenvalue weighted by Crippen LogP contribution is -2.21. The van der Waals surface area contributed by atoms with E-state index in [1.165, 1.54) is 17.6 Å². The van der Waals surface area contributed by atoms with Crippen LogP contribution in [0.4, 0.5) is 18.9 Å². The van der Waals surface area contributed by atoms with Crippen LogP contribution in [0.15, 0.2) is 41.3 Å². The van der Waals surface area contributed by atoms with Gasteiger partial charge in [-0.15, -0.1) is 0 Å². The molecule has 0 saturated carbocycles. The predicted molar refractivity (Wildman–Crippen MR) is 75.4 cm³/mol. The summed E-state index contributed by atoms with van der Waals surface area (Å²) < 4.78 is 44.9. The Morgan fingerprint density at radius 1 is 1.30 bits per heavy atom. The summed E-state index contributed by atoms with van der Waals surface area (Å²) in [7, 11) is 1.02. The van der Waals surface area contributed by atoms with Gasteiger partial charge in [0.05, 0.1) is 23.9 Å². The molecule has 122 valence electrons. The predicted octanol–water partition coefficient (Wildman–Crippen LogP) is 2.55. The Morgan fingerprint density at radius 3 is 2.52 bits per heavy atom. The van der Waals surface area contributed by atoms with Crippen molar-refractivity contribution in [1.82, 2.24) is 4.57 Å². The van der Waals surface area contributed by atoms with Crippen LogP contribution in [0.1, 0.15) is 15.9 Å². The molecule has 2 aromatic rings. The van der Waals surface area contributed by atoms with E-state index in [0.29, 0.717) is 6.07 Å². The average molecular weight is 327 g/mol. The molecule has 1 aromatic heterocycles. The quantitative estimate of drug-likeness (QED) is 0.692. The summed E-state index contributed by atoms with van der Waals surface area (Å²) in [6.45, 7) is 0. The number of nitrogens with one attached hydrogen (secondary N) is 1. The summed E-state index contributed by atoms with van der Waals surface area (Å²) >= 11 is 0. The van der Waals surface area contributed by atoms with Crippen molar-refractivity contribution in [2.24, 2.45) is 0 Å². The van der Waals surface area contributed by atoms with Gasteiger partial charge in [0.2, 0.25) is 0 Å². The molecule has 0 spiro atoms. The first-order chi connectivity index (χ1) is 10.8.